The molecule has 0 fully saturated rings. The van der Waals surface area contributed by atoms with E-state index in [9.17, 15) is 9.59 Å². The van der Waals surface area contributed by atoms with Crippen molar-refractivity contribution in [3.8, 4) is 0 Å². The minimum absolute atomic E-state index is 0.0309. The SMILES string of the molecule is C[C@@H](NC(=O)c1ncc(Cl)c(Cl)c1Cl)C(=O)OC(C)(C)C. The van der Waals surface area contributed by atoms with Crippen LogP contribution in [0.4, 0.5) is 0 Å². The van der Waals surface area contributed by atoms with Gasteiger partial charge in [0.1, 0.15) is 17.3 Å². The molecule has 8 heteroatoms. The Bertz CT molecular complexity index is 571. The number of hydrogen-bond acceptors (Lipinski definition) is 4. The Kier molecular flexibility index (Phi) is 5.84. The molecule has 1 amide bonds. The topological polar surface area (TPSA) is 68.3 Å². The molecule has 1 heterocycles. The number of amides is 1. The molecule has 1 N–H and O–H groups in total. The fourth-order valence-electron chi connectivity index (χ4n) is 1.32. The molecule has 0 bridgehead atoms. The summed E-state index contributed by atoms with van der Waals surface area (Å²) in [6, 6.07) is -0.857. The summed E-state index contributed by atoms with van der Waals surface area (Å²) < 4.78 is 5.16. The van der Waals surface area contributed by atoms with Gasteiger partial charge in [0.25, 0.3) is 5.91 Å². The lowest BCUT2D eigenvalue weighted by molar-refractivity contribution is -0.156. The zero-order valence-electron chi connectivity index (χ0n) is 12.0. The van der Waals surface area contributed by atoms with E-state index in [2.05, 4.69) is 10.3 Å². The molecular weight excluding hydrogens is 339 g/mol. The largest absolute Gasteiger partial charge is 0.458 e. The van der Waals surface area contributed by atoms with Crippen LogP contribution in [0.25, 0.3) is 0 Å². The van der Waals surface area contributed by atoms with Crippen molar-refractivity contribution in [1.82, 2.24) is 10.3 Å². The second kappa shape index (κ2) is 6.81. The average molecular weight is 354 g/mol. The maximum Gasteiger partial charge on any atom is 0.328 e. The number of carbonyl (C=O) groups excluding carboxylic acids is 2. The molecule has 1 rings (SSSR count). The number of hydrogen-bond donors (Lipinski definition) is 1. The third kappa shape index (κ3) is 5.02. The van der Waals surface area contributed by atoms with E-state index in [1.165, 1.54) is 13.1 Å². The van der Waals surface area contributed by atoms with E-state index in [1.807, 2.05) is 0 Å². The van der Waals surface area contributed by atoms with Gasteiger partial charge in [-0.3, -0.25) is 4.79 Å². The van der Waals surface area contributed by atoms with Crippen molar-refractivity contribution < 1.29 is 14.3 Å². The van der Waals surface area contributed by atoms with Crippen LogP contribution < -0.4 is 5.32 Å². The molecule has 0 saturated carbocycles. The van der Waals surface area contributed by atoms with Crippen molar-refractivity contribution in [1.29, 1.82) is 0 Å². The van der Waals surface area contributed by atoms with E-state index < -0.39 is 23.5 Å². The van der Waals surface area contributed by atoms with Crippen molar-refractivity contribution in [3.63, 3.8) is 0 Å². The molecule has 0 aromatic carbocycles. The summed E-state index contributed by atoms with van der Waals surface area (Å²) >= 11 is 17.5. The van der Waals surface area contributed by atoms with Crippen molar-refractivity contribution >= 4 is 46.7 Å². The molecule has 1 aromatic heterocycles. The van der Waals surface area contributed by atoms with E-state index in [0.717, 1.165) is 0 Å². The van der Waals surface area contributed by atoms with Gasteiger partial charge in [0, 0.05) is 6.20 Å². The molecule has 1 aromatic rings. The predicted molar refractivity (Wildman–Crippen MR) is 82.0 cm³/mol. The number of esters is 1. The zero-order chi connectivity index (χ0) is 16.4. The molecule has 0 unspecified atom stereocenters. The fourth-order valence-corrected chi connectivity index (χ4v) is 1.88. The number of carbonyl (C=O) groups is 2. The van der Waals surface area contributed by atoms with Gasteiger partial charge in [0.2, 0.25) is 0 Å². The number of pyridine rings is 1. The summed E-state index contributed by atoms with van der Waals surface area (Å²) in [6.45, 7) is 6.70. The Morgan fingerprint density at radius 2 is 1.81 bits per heavy atom. The Balaban J connectivity index is 2.82. The highest BCUT2D eigenvalue weighted by molar-refractivity contribution is 6.48. The van der Waals surface area contributed by atoms with Crippen molar-refractivity contribution in [2.24, 2.45) is 0 Å². The Hall–Kier alpha value is -1.04. The van der Waals surface area contributed by atoms with Gasteiger partial charge in [-0.2, -0.15) is 0 Å². The molecule has 21 heavy (non-hydrogen) atoms. The van der Waals surface area contributed by atoms with E-state index in [4.69, 9.17) is 39.5 Å². The summed E-state index contributed by atoms with van der Waals surface area (Å²) in [7, 11) is 0. The lowest BCUT2D eigenvalue weighted by atomic mass is 10.2. The standard InChI is InChI=1S/C13H15Cl3N2O3/c1-6(12(20)21-13(2,3)4)18-11(19)10-9(16)8(15)7(14)5-17-10/h5-6H,1-4H3,(H,18,19)/t6-/m1/s1. The second-order valence-electron chi connectivity index (χ2n) is 5.31. The molecule has 0 radical (unpaired) electrons. The molecular formula is C13H15Cl3N2O3. The van der Waals surface area contributed by atoms with Gasteiger partial charge in [0.05, 0.1) is 15.1 Å². The van der Waals surface area contributed by atoms with Crippen molar-refractivity contribution in [3.05, 3.63) is 27.0 Å². The van der Waals surface area contributed by atoms with Crippen LogP contribution in [0.2, 0.25) is 15.1 Å². The second-order valence-corrected chi connectivity index (χ2v) is 6.47. The summed E-state index contributed by atoms with van der Waals surface area (Å²) in [5.74, 6) is -1.20. The minimum atomic E-state index is -0.857. The van der Waals surface area contributed by atoms with Crippen LogP contribution in [-0.4, -0.2) is 28.5 Å². The summed E-state index contributed by atoms with van der Waals surface area (Å²) in [6.07, 6.45) is 1.21. The number of nitrogens with one attached hydrogen (secondary N) is 1. The van der Waals surface area contributed by atoms with Gasteiger partial charge in [-0.25, -0.2) is 9.78 Å². The van der Waals surface area contributed by atoms with E-state index in [0.29, 0.717) is 0 Å². The Morgan fingerprint density at radius 3 is 2.33 bits per heavy atom. The fraction of sp³-hybridized carbons (Fsp3) is 0.462. The van der Waals surface area contributed by atoms with Gasteiger partial charge >= 0.3 is 5.97 Å². The maximum atomic E-state index is 12.0. The normalized spacial score (nSPS) is 12.7. The summed E-state index contributed by atoms with van der Waals surface area (Å²) in [5.41, 5.74) is -0.753. The number of ether oxygens (including phenoxy) is 1. The average Bonchev–Trinajstić information content (AvgIpc) is 2.33. The van der Waals surface area contributed by atoms with Crippen LogP contribution in [0.3, 0.4) is 0 Å². The first-order chi connectivity index (χ1) is 9.53. The lowest BCUT2D eigenvalue weighted by Gasteiger charge is -2.22. The minimum Gasteiger partial charge on any atom is -0.458 e. The van der Waals surface area contributed by atoms with Crippen LogP contribution in [0.5, 0.6) is 0 Å². The van der Waals surface area contributed by atoms with E-state index >= 15 is 0 Å². The van der Waals surface area contributed by atoms with Crippen LogP contribution in [-0.2, 0) is 9.53 Å². The first-order valence-corrected chi connectivity index (χ1v) is 7.19. The van der Waals surface area contributed by atoms with Crippen LogP contribution in [0, 0.1) is 0 Å². The highest BCUT2D eigenvalue weighted by Crippen LogP contribution is 2.31. The molecule has 0 saturated heterocycles. The number of rotatable bonds is 3. The van der Waals surface area contributed by atoms with Crippen LogP contribution in [0.1, 0.15) is 38.2 Å². The molecule has 0 aliphatic rings. The van der Waals surface area contributed by atoms with Gasteiger partial charge in [-0.05, 0) is 27.7 Å². The maximum absolute atomic E-state index is 12.0. The third-order valence-electron chi connectivity index (χ3n) is 2.24. The Labute approximate surface area is 137 Å². The molecule has 5 nitrogen and oxygen atoms in total. The number of aromatic nitrogens is 1. The van der Waals surface area contributed by atoms with Crippen LogP contribution >= 0.6 is 34.8 Å². The van der Waals surface area contributed by atoms with Gasteiger partial charge in [-0.1, -0.05) is 34.8 Å². The number of halogens is 3. The predicted octanol–water partition coefficient (Wildman–Crippen LogP) is 3.50. The first kappa shape index (κ1) is 18.0. The zero-order valence-corrected chi connectivity index (χ0v) is 14.2. The molecule has 116 valence electrons. The molecule has 1 atom stereocenters. The van der Waals surface area contributed by atoms with Gasteiger partial charge < -0.3 is 10.1 Å². The molecule has 0 aliphatic carbocycles. The Morgan fingerprint density at radius 1 is 1.24 bits per heavy atom. The van der Waals surface area contributed by atoms with E-state index in [1.54, 1.807) is 20.8 Å². The molecule has 0 aliphatic heterocycles. The highest BCUT2D eigenvalue weighted by Gasteiger charge is 2.25. The van der Waals surface area contributed by atoms with Crippen molar-refractivity contribution in [2.45, 2.75) is 39.3 Å². The molecule has 0 spiro atoms. The van der Waals surface area contributed by atoms with E-state index in [-0.39, 0.29) is 20.8 Å². The first-order valence-electron chi connectivity index (χ1n) is 6.06. The van der Waals surface area contributed by atoms with Crippen molar-refractivity contribution in [2.75, 3.05) is 0 Å². The highest BCUT2D eigenvalue weighted by atomic mass is 35.5. The quantitative estimate of drug-likeness (QED) is 0.844. The lowest BCUT2D eigenvalue weighted by Crippen LogP contribution is -2.42. The summed E-state index contributed by atoms with van der Waals surface area (Å²) in [4.78, 5) is 27.6. The number of nitrogens with zero attached hydrogens (tertiary/aromatic N) is 1. The third-order valence-corrected chi connectivity index (χ3v) is 3.48. The van der Waals surface area contributed by atoms with Crippen LogP contribution in [0.15, 0.2) is 6.20 Å². The van der Waals surface area contributed by atoms with Gasteiger partial charge in [-0.15, -0.1) is 0 Å². The summed E-state index contributed by atoms with van der Waals surface area (Å²) in [5, 5.41) is 2.54. The van der Waals surface area contributed by atoms with Gasteiger partial charge in [0.15, 0.2) is 0 Å². The smallest absolute Gasteiger partial charge is 0.328 e. The monoisotopic (exact) mass is 352 g/mol.